The molecule has 0 saturated carbocycles. The summed E-state index contributed by atoms with van der Waals surface area (Å²) >= 11 is 0. The van der Waals surface area contributed by atoms with Crippen molar-refractivity contribution in [2.24, 2.45) is 5.73 Å². The Hall–Kier alpha value is 0.390. The third kappa shape index (κ3) is 3.41. The molecule has 1 saturated heterocycles. The van der Waals surface area contributed by atoms with Gasteiger partial charge in [0.2, 0.25) is 0 Å². The molecule has 2 N–H and O–H groups in total. The fourth-order valence-corrected chi connectivity index (χ4v) is 4.12. The number of hydrogen-bond donors (Lipinski definition) is 1. The first-order valence-electron chi connectivity index (χ1n) is 5.28. The van der Waals surface area contributed by atoms with Gasteiger partial charge in [0.25, 0.3) is 0 Å². The van der Waals surface area contributed by atoms with Crippen molar-refractivity contribution in [1.29, 1.82) is 0 Å². The highest BCUT2D eigenvalue weighted by atomic mass is 31.1. The van der Waals surface area contributed by atoms with E-state index in [4.69, 9.17) is 5.73 Å². The largest absolute Gasteiger partial charge is 0.327 e. The Bertz CT molecular complexity index is 116. The van der Waals surface area contributed by atoms with E-state index in [-0.39, 0.29) is 7.92 Å². The Morgan fingerprint density at radius 3 is 2.58 bits per heavy atom. The summed E-state index contributed by atoms with van der Waals surface area (Å²) in [5, 5.41) is 0. The smallest absolute Gasteiger partial charge is 0.0130 e. The normalized spacial score (nSPS) is 33.5. The average Bonchev–Trinajstić information content (AvgIpc) is 2.17. The molecule has 0 aromatic heterocycles. The quantitative estimate of drug-likeness (QED) is 0.627. The topological polar surface area (TPSA) is 26.0 Å². The zero-order chi connectivity index (χ0) is 8.81. The summed E-state index contributed by atoms with van der Waals surface area (Å²) in [6, 6.07) is 0. The van der Waals surface area contributed by atoms with Gasteiger partial charge >= 0.3 is 0 Å². The summed E-state index contributed by atoms with van der Waals surface area (Å²) in [4.78, 5) is 0. The molecule has 0 aliphatic carbocycles. The highest BCUT2D eigenvalue weighted by Gasteiger charge is 2.15. The van der Waals surface area contributed by atoms with Crippen LogP contribution in [0.4, 0.5) is 0 Å². The molecule has 1 nitrogen and oxygen atoms in total. The molecule has 12 heavy (non-hydrogen) atoms. The Kier molecular flexibility index (Phi) is 5.18. The standard InChI is InChI=1S/C10H22NP/c1-10-7-5-3-2-4-6-8-12(10)9-11/h10H,2-9,11H2,1H3. The number of rotatable bonds is 1. The van der Waals surface area contributed by atoms with Gasteiger partial charge in [-0.2, -0.15) is 0 Å². The summed E-state index contributed by atoms with van der Waals surface area (Å²) < 4.78 is 0. The molecule has 72 valence electrons. The van der Waals surface area contributed by atoms with Crippen molar-refractivity contribution in [3.63, 3.8) is 0 Å². The van der Waals surface area contributed by atoms with Crippen LogP contribution in [0.15, 0.2) is 0 Å². The summed E-state index contributed by atoms with van der Waals surface area (Å²) in [5.41, 5.74) is 6.73. The van der Waals surface area contributed by atoms with Gasteiger partial charge in [-0.3, -0.25) is 0 Å². The van der Waals surface area contributed by atoms with Gasteiger partial charge in [0, 0.05) is 6.29 Å². The zero-order valence-corrected chi connectivity index (χ0v) is 9.15. The van der Waals surface area contributed by atoms with Gasteiger partial charge in [0.15, 0.2) is 0 Å². The van der Waals surface area contributed by atoms with Crippen LogP contribution in [0.5, 0.6) is 0 Å². The van der Waals surface area contributed by atoms with Crippen molar-refractivity contribution in [3.05, 3.63) is 0 Å². The summed E-state index contributed by atoms with van der Waals surface area (Å²) in [7, 11) is 0.186. The minimum absolute atomic E-state index is 0.186. The lowest BCUT2D eigenvalue weighted by Gasteiger charge is -2.21. The third-order valence-corrected chi connectivity index (χ3v) is 5.79. The monoisotopic (exact) mass is 187 g/mol. The lowest BCUT2D eigenvalue weighted by atomic mass is 10.1. The Balaban J connectivity index is 2.35. The fourth-order valence-electron chi connectivity index (χ4n) is 1.96. The molecule has 1 fully saturated rings. The van der Waals surface area contributed by atoms with Crippen LogP contribution >= 0.6 is 7.92 Å². The molecule has 2 unspecified atom stereocenters. The van der Waals surface area contributed by atoms with Gasteiger partial charge in [-0.05, 0) is 24.7 Å². The minimum Gasteiger partial charge on any atom is -0.327 e. The van der Waals surface area contributed by atoms with E-state index in [2.05, 4.69) is 6.92 Å². The lowest BCUT2D eigenvalue weighted by molar-refractivity contribution is 0.617. The first kappa shape index (κ1) is 10.5. The van der Waals surface area contributed by atoms with Crippen LogP contribution in [-0.2, 0) is 0 Å². The van der Waals surface area contributed by atoms with Gasteiger partial charge in [0.05, 0.1) is 0 Å². The van der Waals surface area contributed by atoms with Crippen LogP contribution in [-0.4, -0.2) is 18.1 Å². The molecule has 0 radical (unpaired) electrons. The summed E-state index contributed by atoms with van der Waals surface area (Å²) in [6.45, 7) is 2.41. The van der Waals surface area contributed by atoms with Crippen LogP contribution in [0, 0.1) is 0 Å². The van der Waals surface area contributed by atoms with Crippen molar-refractivity contribution >= 4 is 7.92 Å². The molecule has 2 heteroatoms. The SMILES string of the molecule is CC1CCCCCCCP1CN. The van der Waals surface area contributed by atoms with Gasteiger partial charge in [-0.1, -0.05) is 40.5 Å². The zero-order valence-electron chi connectivity index (χ0n) is 8.26. The van der Waals surface area contributed by atoms with E-state index in [0.29, 0.717) is 0 Å². The van der Waals surface area contributed by atoms with E-state index < -0.39 is 0 Å². The van der Waals surface area contributed by atoms with E-state index >= 15 is 0 Å². The predicted octanol–water partition coefficient (Wildman–Crippen LogP) is 3.13. The van der Waals surface area contributed by atoms with Crippen LogP contribution in [0.1, 0.15) is 45.4 Å². The van der Waals surface area contributed by atoms with E-state index in [1.165, 1.54) is 44.7 Å². The van der Waals surface area contributed by atoms with Crippen molar-refractivity contribution in [3.8, 4) is 0 Å². The molecule has 0 aromatic rings. The van der Waals surface area contributed by atoms with Gasteiger partial charge < -0.3 is 5.73 Å². The maximum atomic E-state index is 5.79. The second kappa shape index (κ2) is 5.94. The molecule has 1 aliphatic heterocycles. The number of hydrogen-bond acceptors (Lipinski definition) is 1. The van der Waals surface area contributed by atoms with Crippen LogP contribution in [0.3, 0.4) is 0 Å². The molecule has 0 aromatic carbocycles. The molecular weight excluding hydrogens is 165 g/mol. The second-order valence-corrected chi connectivity index (χ2v) is 6.77. The Labute approximate surface area is 77.9 Å². The van der Waals surface area contributed by atoms with Crippen LogP contribution in [0.2, 0.25) is 0 Å². The average molecular weight is 187 g/mol. The van der Waals surface area contributed by atoms with E-state index in [9.17, 15) is 0 Å². The highest BCUT2D eigenvalue weighted by Crippen LogP contribution is 2.43. The second-order valence-electron chi connectivity index (χ2n) is 3.90. The first-order chi connectivity index (χ1) is 5.84. The lowest BCUT2D eigenvalue weighted by Crippen LogP contribution is -2.10. The predicted molar refractivity (Wildman–Crippen MR) is 58.0 cm³/mol. The maximum Gasteiger partial charge on any atom is 0.0130 e. The third-order valence-electron chi connectivity index (χ3n) is 2.93. The van der Waals surface area contributed by atoms with Crippen LogP contribution < -0.4 is 5.73 Å². The number of nitrogens with two attached hydrogens (primary N) is 1. The van der Waals surface area contributed by atoms with Crippen molar-refractivity contribution in [2.45, 2.75) is 51.1 Å². The van der Waals surface area contributed by atoms with Gasteiger partial charge in [0.1, 0.15) is 0 Å². The summed E-state index contributed by atoms with van der Waals surface area (Å²) in [5.74, 6) is 0. The minimum atomic E-state index is 0.186. The molecule has 1 rings (SSSR count). The molecule has 1 heterocycles. The van der Waals surface area contributed by atoms with Gasteiger partial charge in [-0.25, -0.2) is 0 Å². The first-order valence-corrected chi connectivity index (χ1v) is 7.07. The molecule has 0 amide bonds. The van der Waals surface area contributed by atoms with Crippen molar-refractivity contribution in [1.82, 2.24) is 0 Å². The molecule has 0 bridgehead atoms. The Morgan fingerprint density at radius 2 is 1.83 bits per heavy atom. The van der Waals surface area contributed by atoms with E-state index in [1.807, 2.05) is 0 Å². The summed E-state index contributed by atoms with van der Waals surface area (Å²) in [6.07, 6.45) is 11.1. The van der Waals surface area contributed by atoms with Crippen molar-refractivity contribution < 1.29 is 0 Å². The fraction of sp³-hybridized carbons (Fsp3) is 1.00. The van der Waals surface area contributed by atoms with Gasteiger partial charge in [-0.15, -0.1) is 0 Å². The molecule has 1 aliphatic rings. The Morgan fingerprint density at radius 1 is 1.17 bits per heavy atom. The molecule has 2 atom stereocenters. The molecule has 0 spiro atoms. The highest BCUT2D eigenvalue weighted by molar-refractivity contribution is 7.58. The molecular formula is C10H22NP. The maximum absolute atomic E-state index is 5.79. The van der Waals surface area contributed by atoms with E-state index in [1.54, 1.807) is 0 Å². The van der Waals surface area contributed by atoms with Crippen LogP contribution in [0.25, 0.3) is 0 Å². The van der Waals surface area contributed by atoms with E-state index in [0.717, 1.165) is 11.9 Å². The van der Waals surface area contributed by atoms with Crippen molar-refractivity contribution in [2.75, 3.05) is 12.4 Å².